The van der Waals surface area contributed by atoms with Crippen molar-refractivity contribution in [1.29, 1.82) is 0 Å². The van der Waals surface area contributed by atoms with Crippen molar-refractivity contribution in [3.05, 3.63) is 57.9 Å². The van der Waals surface area contributed by atoms with Crippen molar-refractivity contribution >= 4 is 40.3 Å². The highest BCUT2D eigenvalue weighted by Crippen LogP contribution is 2.23. The number of carbonyl (C=O) groups excluding carboxylic acids is 2. The van der Waals surface area contributed by atoms with Crippen molar-refractivity contribution in [2.75, 3.05) is 19.0 Å². The van der Waals surface area contributed by atoms with E-state index in [4.69, 9.17) is 9.47 Å². The fourth-order valence-electron chi connectivity index (χ4n) is 2.90. The average molecular weight is 481 g/mol. The summed E-state index contributed by atoms with van der Waals surface area (Å²) < 4.78 is 11.6. The second-order valence-electron chi connectivity index (χ2n) is 6.16. The molecule has 27 heavy (non-hydrogen) atoms. The number of pyridine rings is 1. The summed E-state index contributed by atoms with van der Waals surface area (Å²) in [7, 11) is 1.57. The molecular weight excluding hydrogens is 461 g/mol. The molecule has 1 aromatic carbocycles. The zero-order chi connectivity index (χ0) is 19.2. The minimum absolute atomic E-state index is 0.156. The molecule has 1 aromatic heterocycles. The molecule has 7 nitrogen and oxygen atoms in total. The average Bonchev–Trinajstić information content (AvgIpc) is 3.13. The number of anilines is 1. The van der Waals surface area contributed by atoms with Crippen molar-refractivity contribution in [2.24, 2.45) is 0 Å². The predicted octanol–water partition coefficient (Wildman–Crippen LogP) is 3.05. The fraction of sp³-hybridized carbons (Fsp3) is 0.316. The van der Waals surface area contributed by atoms with Crippen molar-refractivity contribution < 1.29 is 19.1 Å². The molecule has 8 heteroatoms. The van der Waals surface area contributed by atoms with E-state index < -0.39 is 12.1 Å². The number of nitrogens with zero attached hydrogens (tertiary/aromatic N) is 2. The van der Waals surface area contributed by atoms with Gasteiger partial charge in [-0.25, -0.2) is 9.78 Å². The van der Waals surface area contributed by atoms with Gasteiger partial charge in [0, 0.05) is 13.5 Å². The Hall–Kier alpha value is -2.20. The van der Waals surface area contributed by atoms with Gasteiger partial charge in [0.25, 0.3) is 0 Å². The van der Waals surface area contributed by atoms with Crippen LogP contribution >= 0.6 is 22.6 Å². The lowest BCUT2D eigenvalue weighted by Gasteiger charge is -2.23. The smallest absolute Gasteiger partial charge is 0.410 e. The number of nitrogens with one attached hydrogen (secondary N) is 1. The third kappa shape index (κ3) is 5.16. The first-order valence-corrected chi connectivity index (χ1v) is 9.57. The lowest BCUT2D eigenvalue weighted by atomic mass is 10.2. The van der Waals surface area contributed by atoms with Crippen molar-refractivity contribution in [3.63, 3.8) is 0 Å². The molecule has 0 aliphatic carbocycles. The zero-order valence-corrected chi connectivity index (χ0v) is 17.0. The number of carbonyl (C=O) groups is 2. The second-order valence-corrected chi connectivity index (χ2v) is 7.27. The Kier molecular flexibility index (Phi) is 6.62. The van der Waals surface area contributed by atoms with Crippen LogP contribution in [0.15, 0.2) is 48.7 Å². The topological polar surface area (TPSA) is 80.8 Å². The highest BCUT2D eigenvalue weighted by atomic mass is 127. The van der Waals surface area contributed by atoms with E-state index in [1.807, 2.05) is 30.3 Å². The standard InChI is InChI=1S/C19H20IN3O4/c1-26-15-9-16(18(24)22-14-7-8-17(20)21-10-14)23(11-15)19(25)27-12-13-5-3-2-4-6-13/h2-8,10,15-16H,9,11-12H2,1H3,(H,22,24)/t15-,16-/m0/s1. The molecule has 2 aromatic rings. The Morgan fingerprint density at radius 3 is 2.70 bits per heavy atom. The van der Waals surface area contributed by atoms with Gasteiger partial charge in [0.05, 0.1) is 24.5 Å². The number of halogens is 1. The molecular formula is C19H20IN3O4. The van der Waals surface area contributed by atoms with E-state index >= 15 is 0 Å². The van der Waals surface area contributed by atoms with Crippen LogP contribution in [0.1, 0.15) is 12.0 Å². The number of aromatic nitrogens is 1. The number of hydrogen-bond donors (Lipinski definition) is 1. The molecule has 1 aliphatic heterocycles. The first-order chi connectivity index (χ1) is 13.1. The number of benzene rings is 1. The van der Waals surface area contributed by atoms with Crippen LogP contribution in [0.25, 0.3) is 0 Å². The fourth-order valence-corrected chi connectivity index (χ4v) is 3.22. The van der Waals surface area contributed by atoms with Gasteiger partial charge in [-0.1, -0.05) is 30.3 Å². The van der Waals surface area contributed by atoms with Crippen LogP contribution in [0.2, 0.25) is 0 Å². The van der Waals surface area contributed by atoms with Gasteiger partial charge in [-0.2, -0.15) is 0 Å². The monoisotopic (exact) mass is 481 g/mol. The SMILES string of the molecule is CO[C@H]1C[C@@H](C(=O)Nc2ccc(I)nc2)N(C(=O)OCc2ccccc2)C1. The molecule has 142 valence electrons. The van der Waals surface area contributed by atoms with Gasteiger partial charge in [0.2, 0.25) is 5.91 Å². The van der Waals surface area contributed by atoms with E-state index in [0.717, 1.165) is 9.26 Å². The quantitative estimate of drug-likeness (QED) is 0.525. The Morgan fingerprint density at radius 2 is 2.04 bits per heavy atom. The second kappa shape index (κ2) is 9.14. The third-order valence-electron chi connectivity index (χ3n) is 4.33. The normalized spacial score (nSPS) is 19.0. The number of hydrogen-bond acceptors (Lipinski definition) is 5. The minimum atomic E-state index is -0.655. The molecule has 0 bridgehead atoms. The maximum atomic E-state index is 12.7. The molecule has 1 fully saturated rings. The van der Waals surface area contributed by atoms with E-state index in [1.165, 1.54) is 4.90 Å². The molecule has 0 saturated carbocycles. The van der Waals surface area contributed by atoms with Gasteiger partial charge < -0.3 is 14.8 Å². The van der Waals surface area contributed by atoms with Gasteiger partial charge in [0.1, 0.15) is 16.3 Å². The number of ether oxygens (including phenoxy) is 2. The highest BCUT2D eigenvalue weighted by Gasteiger charge is 2.40. The molecule has 0 spiro atoms. The number of amides is 2. The van der Waals surface area contributed by atoms with Crippen molar-refractivity contribution in [3.8, 4) is 0 Å². The summed E-state index contributed by atoms with van der Waals surface area (Å²) in [4.78, 5) is 30.8. The maximum Gasteiger partial charge on any atom is 0.410 e. The van der Waals surface area contributed by atoms with Crippen LogP contribution in [0.3, 0.4) is 0 Å². The molecule has 2 amide bonds. The highest BCUT2D eigenvalue weighted by molar-refractivity contribution is 14.1. The number of likely N-dealkylation sites (tertiary alicyclic amines) is 1. The molecule has 0 radical (unpaired) electrons. The van der Waals surface area contributed by atoms with Gasteiger partial charge in [-0.05, 0) is 40.3 Å². The Morgan fingerprint density at radius 1 is 1.26 bits per heavy atom. The molecule has 1 N–H and O–H groups in total. The maximum absolute atomic E-state index is 12.7. The van der Waals surface area contributed by atoms with Crippen LogP contribution in [-0.2, 0) is 20.9 Å². The zero-order valence-electron chi connectivity index (χ0n) is 14.8. The lowest BCUT2D eigenvalue weighted by Crippen LogP contribution is -2.43. The number of methoxy groups -OCH3 is 1. The first-order valence-electron chi connectivity index (χ1n) is 8.49. The van der Waals surface area contributed by atoms with Crippen molar-refractivity contribution in [1.82, 2.24) is 9.88 Å². The molecule has 0 unspecified atom stereocenters. The Balaban J connectivity index is 1.65. The van der Waals surface area contributed by atoms with Crippen molar-refractivity contribution in [2.45, 2.75) is 25.2 Å². The molecule has 1 aliphatic rings. The van der Waals surface area contributed by atoms with E-state index in [9.17, 15) is 9.59 Å². The van der Waals surface area contributed by atoms with Crippen LogP contribution in [-0.4, -0.2) is 47.7 Å². The summed E-state index contributed by atoms with van der Waals surface area (Å²) in [5.74, 6) is -0.283. The lowest BCUT2D eigenvalue weighted by molar-refractivity contribution is -0.120. The predicted molar refractivity (Wildman–Crippen MR) is 108 cm³/mol. The number of rotatable bonds is 5. The summed E-state index contributed by atoms with van der Waals surface area (Å²) in [6, 6.07) is 12.3. The molecule has 1 saturated heterocycles. The summed E-state index contributed by atoms with van der Waals surface area (Å²) in [6.45, 7) is 0.469. The Labute approximate surface area is 171 Å². The first kappa shape index (κ1) is 19.6. The van der Waals surface area contributed by atoms with Crippen LogP contribution in [0.5, 0.6) is 0 Å². The largest absolute Gasteiger partial charge is 0.445 e. The Bertz CT molecular complexity index is 785. The summed E-state index contributed by atoms with van der Waals surface area (Å²) in [5.41, 5.74) is 1.47. The van der Waals surface area contributed by atoms with E-state index in [-0.39, 0.29) is 18.6 Å². The van der Waals surface area contributed by atoms with Gasteiger partial charge in [-0.3, -0.25) is 9.69 Å². The van der Waals surface area contributed by atoms with Gasteiger partial charge in [0.15, 0.2) is 0 Å². The molecule has 3 rings (SSSR count). The molecule has 2 atom stereocenters. The van der Waals surface area contributed by atoms with Crippen LogP contribution < -0.4 is 5.32 Å². The minimum Gasteiger partial charge on any atom is -0.445 e. The van der Waals surface area contributed by atoms with Crippen LogP contribution in [0, 0.1) is 3.70 Å². The molecule has 2 heterocycles. The summed E-state index contributed by atoms with van der Waals surface area (Å²) in [6.07, 6.45) is 1.26. The van der Waals surface area contributed by atoms with E-state index in [0.29, 0.717) is 18.7 Å². The van der Waals surface area contributed by atoms with E-state index in [1.54, 1.807) is 25.4 Å². The van der Waals surface area contributed by atoms with Crippen LogP contribution in [0.4, 0.5) is 10.5 Å². The van der Waals surface area contributed by atoms with E-state index in [2.05, 4.69) is 32.9 Å². The summed E-state index contributed by atoms with van der Waals surface area (Å²) >= 11 is 2.09. The summed E-state index contributed by atoms with van der Waals surface area (Å²) in [5, 5.41) is 2.80. The van der Waals surface area contributed by atoms with Gasteiger partial charge >= 0.3 is 6.09 Å². The third-order valence-corrected chi connectivity index (χ3v) is 4.97. The van der Waals surface area contributed by atoms with Gasteiger partial charge in [-0.15, -0.1) is 0 Å².